The third-order valence-corrected chi connectivity index (χ3v) is 7.30. The number of methoxy groups -OCH3 is 2. The van der Waals surface area contributed by atoms with Crippen LogP contribution < -0.4 is 20.7 Å². The Bertz CT molecular complexity index is 1270. The van der Waals surface area contributed by atoms with Crippen LogP contribution in [-0.2, 0) is 19.1 Å². The van der Waals surface area contributed by atoms with Crippen LogP contribution in [0.2, 0.25) is 5.02 Å². The zero-order chi connectivity index (χ0) is 27.8. The maximum absolute atomic E-state index is 14.5. The van der Waals surface area contributed by atoms with Crippen LogP contribution in [-0.4, -0.2) is 60.5 Å². The molecule has 1 saturated carbocycles. The summed E-state index contributed by atoms with van der Waals surface area (Å²) in [6.07, 6.45) is 2.78. The van der Waals surface area contributed by atoms with E-state index in [2.05, 4.69) is 20.9 Å². The molecule has 12 heteroatoms. The number of ether oxygens (including phenoxy) is 2. The van der Waals surface area contributed by atoms with Gasteiger partial charge >= 0.3 is 5.97 Å². The lowest BCUT2D eigenvalue weighted by molar-refractivity contribution is -0.146. The maximum Gasteiger partial charge on any atom is 0.328 e. The maximum atomic E-state index is 14.5. The highest BCUT2D eigenvalue weighted by atomic mass is 35.5. The molecule has 1 saturated heterocycles. The van der Waals surface area contributed by atoms with Gasteiger partial charge in [0.05, 0.1) is 24.8 Å². The summed E-state index contributed by atoms with van der Waals surface area (Å²) in [6.45, 7) is 3.77. The minimum absolute atomic E-state index is 0.0161. The molecular weight excluding hydrogens is 519 g/mol. The van der Waals surface area contributed by atoms with Gasteiger partial charge in [-0.05, 0) is 51.2 Å². The molecule has 3 unspecified atom stereocenters. The second-order valence-electron chi connectivity index (χ2n) is 10.6. The number of H-pyrrole nitrogens is 1. The largest absolute Gasteiger partial charge is 0.494 e. The number of carbonyl (C=O) groups excluding carboxylic acids is 4. The van der Waals surface area contributed by atoms with Crippen LogP contribution in [0.4, 0.5) is 4.39 Å². The molecule has 2 heterocycles. The molecule has 0 spiro atoms. The number of amides is 3. The van der Waals surface area contributed by atoms with E-state index in [1.165, 1.54) is 20.3 Å². The third-order valence-electron chi connectivity index (χ3n) is 7.02. The highest BCUT2D eigenvalue weighted by Crippen LogP contribution is 2.36. The molecule has 2 aromatic rings. The van der Waals surface area contributed by atoms with E-state index in [0.717, 1.165) is 18.9 Å². The highest BCUT2D eigenvalue weighted by Gasteiger charge is 2.41. The first-order valence-corrected chi connectivity index (χ1v) is 12.9. The van der Waals surface area contributed by atoms with Gasteiger partial charge in [0.25, 0.3) is 5.91 Å². The molecule has 10 nitrogen and oxygen atoms in total. The van der Waals surface area contributed by atoms with Crippen LogP contribution in [0, 0.1) is 17.7 Å². The Balaban J connectivity index is 1.51. The van der Waals surface area contributed by atoms with Gasteiger partial charge in [-0.2, -0.15) is 0 Å². The Kier molecular flexibility index (Phi) is 7.87. The van der Waals surface area contributed by atoms with Gasteiger partial charge in [0, 0.05) is 16.8 Å². The lowest BCUT2D eigenvalue weighted by Crippen LogP contribution is -2.52. The Morgan fingerprint density at radius 3 is 2.45 bits per heavy atom. The third kappa shape index (κ3) is 6.03. The summed E-state index contributed by atoms with van der Waals surface area (Å²) in [5, 5.41) is 8.61. The highest BCUT2D eigenvalue weighted by molar-refractivity contribution is 6.33. The molecule has 1 aromatic heterocycles. The number of aromatic amines is 1. The molecule has 38 heavy (non-hydrogen) atoms. The molecule has 0 bridgehead atoms. The van der Waals surface area contributed by atoms with Crippen LogP contribution in [0.5, 0.6) is 5.75 Å². The van der Waals surface area contributed by atoms with Gasteiger partial charge in [-0.25, -0.2) is 9.18 Å². The van der Waals surface area contributed by atoms with E-state index in [1.54, 1.807) is 0 Å². The minimum atomic E-state index is -1.07. The van der Waals surface area contributed by atoms with E-state index in [0.29, 0.717) is 12.8 Å². The average Bonchev–Trinajstić information content (AvgIpc) is 3.48. The van der Waals surface area contributed by atoms with Gasteiger partial charge in [0.15, 0.2) is 0 Å². The number of benzene rings is 1. The predicted molar refractivity (Wildman–Crippen MR) is 137 cm³/mol. The summed E-state index contributed by atoms with van der Waals surface area (Å²) < 4.78 is 24.6. The van der Waals surface area contributed by atoms with E-state index < -0.39 is 47.1 Å². The molecule has 3 atom stereocenters. The summed E-state index contributed by atoms with van der Waals surface area (Å²) in [4.78, 5) is 54.1. The number of hydrogen-bond donors (Lipinski definition) is 4. The molecule has 4 rings (SSSR count). The summed E-state index contributed by atoms with van der Waals surface area (Å²) >= 11 is 6.06. The average molecular weight is 551 g/mol. The molecule has 1 aliphatic heterocycles. The van der Waals surface area contributed by atoms with Crippen molar-refractivity contribution in [1.29, 1.82) is 0 Å². The fourth-order valence-electron chi connectivity index (χ4n) is 4.98. The van der Waals surface area contributed by atoms with Crippen molar-refractivity contribution in [2.45, 2.75) is 63.6 Å². The number of nitrogens with one attached hydrogen (secondary N) is 4. The Labute approximate surface area is 224 Å². The quantitative estimate of drug-likeness (QED) is 0.336. The Morgan fingerprint density at radius 1 is 1.16 bits per heavy atom. The van der Waals surface area contributed by atoms with E-state index >= 15 is 0 Å². The van der Waals surface area contributed by atoms with E-state index in [4.69, 9.17) is 21.1 Å². The zero-order valence-electron chi connectivity index (χ0n) is 21.7. The van der Waals surface area contributed by atoms with E-state index in [1.807, 2.05) is 13.8 Å². The topological polar surface area (TPSA) is 139 Å². The van der Waals surface area contributed by atoms with Gasteiger partial charge in [-0.1, -0.05) is 24.4 Å². The zero-order valence-corrected chi connectivity index (χ0v) is 22.5. The second-order valence-corrected chi connectivity index (χ2v) is 11.1. The van der Waals surface area contributed by atoms with Gasteiger partial charge in [0.2, 0.25) is 11.8 Å². The summed E-state index contributed by atoms with van der Waals surface area (Å²) in [5.74, 6) is -2.74. The lowest BCUT2D eigenvalue weighted by atomic mass is 9.91. The first-order chi connectivity index (χ1) is 17.9. The number of carbonyl (C=O) groups is 4. The van der Waals surface area contributed by atoms with Crippen molar-refractivity contribution in [2.75, 3.05) is 14.2 Å². The van der Waals surface area contributed by atoms with Gasteiger partial charge < -0.3 is 30.4 Å². The Hall–Kier alpha value is -3.34. The van der Waals surface area contributed by atoms with Gasteiger partial charge in [0.1, 0.15) is 29.3 Å². The standard InChI is InChI=1S/C26H32ClFN4O6/c1-26(2)11-13(22(33)32-26)8-19(25(36)38-4)31-23(34)17(7-12-5-6-12)30-24(35)18-9-14-20(29-18)16(28)10-15(27)21(14)37-3/h9-10,12-13,17,19,29H,5-8,11H2,1-4H3,(H,30,35)(H,31,34)(H,32,33). The molecule has 2 fully saturated rings. The summed E-state index contributed by atoms with van der Waals surface area (Å²) in [6, 6.07) is 0.465. The van der Waals surface area contributed by atoms with E-state index in [9.17, 15) is 23.6 Å². The monoisotopic (exact) mass is 550 g/mol. The normalized spacial score (nSPS) is 19.9. The number of hydrogen-bond acceptors (Lipinski definition) is 6. The van der Waals surface area contributed by atoms with Crippen LogP contribution in [0.25, 0.3) is 10.9 Å². The van der Waals surface area contributed by atoms with Crippen LogP contribution >= 0.6 is 11.6 Å². The number of aromatic nitrogens is 1. The molecule has 206 valence electrons. The number of rotatable bonds is 10. The van der Waals surface area contributed by atoms with Gasteiger partial charge in [-0.15, -0.1) is 0 Å². The molecule has 3 amide bonds. The van der Waals surface area contributed by atoms with Gasteiger partial charge in [-0.3, -0.25) is 14.4 Å². The Morgan fingerprint density at radius 2 is 1.87 bits per heavy atom. The summed E-state index contributed by atoms with van der Waals surface area (Å²) in [5.41, 5.74) is -0.355. The molecule has 0 radical (unpaired) electrons. The van der Waals surface area contributed by atoms with E-state index in [-0.39, 0.29) is 45.6 Å². The number of esters is 1. The van der Waals surface area contributed by atoms with Crippen molar-refractivity contribution in [3.63, 3.8) is 0 Å². The molecule has 1 aliphatic carbocycles. The SMILES string of the molecule is COC(=O)C(CC1CC(C)(C)NC1=O)NC(=O)C(CC1CC1)NC(=O)c1cc2c(OC)c(Cl)cc(F)c2[nH]1. The number of fused-ring (bicyclic) bond motifs is 1. The van der Waals surface area contributed by atoms with Crippen molar-refractivity contribution in [3.8, 4) is 5.75 Å². The molecule has 2 aliphatic rings. The van der Waals surface area contributed by atoms with Crippen LogP contribution in [0.15, 0.2) is 12.1 Å². The first-order valence-electron chi connectivity index (χ1n) is 12.5. The van der Waals surface area contributed by atoms with Crippen molar-refractivity contribution in [3.05, 3.63) is 28.7 Å². The second kappa shape index (κ2) is 10.8. The molecule has 4 N–H and O–H groups in total. The molecule has 1 aromatic carbocycles. The predicted octanol–water partition coefficient (Wildman–Crippen LogP) is 2.83. The minimum Gasteiger partial charge on any atom is -0.494 e. The van der Waals surface area contributed by atoms with Crippen LogP contribution in [0.3, 0.4) is 0 Å². The lowest BCUT2D eigenvalue weighted by Gasteiger charge is -2.23. The molecular formula is C26H32ClFN4O6. The van der Waals surface area contributed by atoms with Crippen molar-refractivity contribution in [2.24, 2.45) is 11.8 Å². The first kappa shape index (κ1) is 27.7. The number of halogens is 2. The van der Waals surface area contributed by atoms with Crippen molar-refractivity contribution in [1.82, 2.24) is 20.9 Å². The van der Waals surface area contributed by atoms with Crippen LogP contribution in [0.1, 0.15) is 56.4 Å². The summed E-state index contributed by atoms with van der Waals surface area (Å²) in [7, 11) is 2.59. The fraction of sp³-hybridized carbons (Fsp3) is 0.538. The van der Waals surface area contributed by atoms with Crippen molar-refractivity contribution < 1.29 is 33.0 Å². The van der Waals surface area contributed by atoms with Crippen molar-refractivity contribution >= 4 is 46.2 Å². The fourth-order valence-corrected chi connectivity index (χ4v) is 5.26. The smallest absolute Gasteiger partial charge is 0.328 e.